The highest BCUT2D eigenvalue weighted by Crippen LogP contribution is 2.28. The molecule has 0 radical (unpaired) electrons. The Bertz CT molecular complexity index is 927. The van der Waals surface area contributed by atoms with Crippen molar-refractivity contribution in [2.75, 3.05) is 0 Å². The molecule has 1 aromatic carbocycles. The lowest BCUT2D eigenvalue weighted by Crippen LogP contribution is -2.16. The number of carbonyl (C=O) groups excluding carboxylic acids is 1. The first-order valence-electron chi connectivity index (χ1n) is 8.88. The number of benzene rings is 1. The van der Waals surface area contributed by atoms with Crippen LogP contribution < -0.4 is 0 Å². The Hall–Kier alpha value is -2.47. The molecule has 3 rings (SSSR count). The van der Waals surface area contributed by atoms with Crippen LogP contribution in [0.4, 0.5) is 0 Å². The van der Waals surface area contributed by atoms with E-state index >= 15 is 0 Å². The summed E-state index contributed by atoms with van der Waals surface area (Å²) in [5, 5.41) is 8.96. The lowest BCUT2D eigenvalue weighted by Gasteiger charge is -2.19. The highest BCUT2D eigenvalue weighted by molar-refractivity contribution is 8.00. The van der Waals surface area contributed by atoms with Crippen LogP contribution in [-0.4, -0.2) is 30.8 Å². The molecule has 27 heavy (non-hydrogen) atoms. The number of thioether (sulfide) groups is 1. The molecule has 3 aromatic rings. The highest BCUT2D eigenvalue weighted by Gasteiger charge is 2.21. The second-order valence-electron chi connectivity index (χ2n) is 7.56. The van der Waals surface area contributed by atoms with Crippen molar-refractivity contribution in [2.45, 2.75) is 43.5 Å². The molecule has 0 aliphatic carbocycles. The van der Waals surface area contributed by atoms with Gasteiger partial charge in [0.15, 0.2) is 16.8 Å². The summed E-state index contributed by atoms with van der Waals surface area (Å²) in [5.74, 6) is 0.825. The number of hydrogen-bond donors (Lipinski definition) is 0. The maximum absolute atomic E-state index is 12.8. The summed E-state index contributed by atoms with van der Waals surface area (Å²) in [4.78, 5) is 16.9. The fraction of sp³-hybridized carbons (Fsp3) is 0.333. The number of ketones is 1. The van der Waals surface area contributed by atoms with E-state index in [4.69, 9.17) is 0 Å². The van der Waals surface area contributed by atoms with Gasteiger partial charge in [-0.25, -0.2) is 0 Å². The van der Waals surface area contributed by atoms with Gasteiger partial charge >= 0.3 is 0 Å². The molecule has 5 nitrogen and oxygen atoms in total. The molecule has 1 atom stereocenters. The summed E-state index contributed by atoms with van der Waals surface area (Å²) >= 11 is 1.42. The normalized spacial score (nSPS) is 12.8. The Kier molecular flexibility index (Phi) is 5.46. The maximum Gasteiger partial charge on any atom is 0.191 e. The Morgan fingerprint density at radius 1 is 1.11 bits per heavy atom. The van der Waals surface area contributed by atoms with Crippen LogP contribution in [0.2, 0.25) is 0 Å². The monoisotopic (exact) mass is 380 g/mol. The molecule has 6 heteroatoms. The summed E-state index contributed by atoms with van der Waals surface area (Å²) in [6, 6.07) is 11.7. The van der Waals surface area contributed by atoms with Crippen molar-refractivity contribution < 1.29 is 4.79 Å². The minimum atomic E-state index is -0.255. The molecule has 2 heterocycles. The molecule has 0 aliphatic heterocycles. The topological polar surface area (TPSA) is 60.7 Å². The SMILES string of the molecule is CC(Sc1nnc(-c2cccnc2)n1C)C(=O)c1ccc(C(C)(C)C)cc1. The number of aromatic nitrogens is 4. The van der Waals surface area contributed by atoms with Gasteiger partial charge in [0, 0.05) is 30.6 Å². The Labute approximate surface area is 164 Å². The molecule has 0 amide bonds. The molecule has 0 N–H and O–H groups in total. The van der Waals surface area contributed by atoms with E-state index in [1.807, 2.05) is 54.9 Å². The number of Topliss-reactive ketones (excluding diaryl/α,β-unsaturated/α-hetero) is 1. The van der Waals surface area contributed by atoms with Gasteiger partial charge in [-0.05, 0) is 30.0 Å². The summed E-state index contributed by atoms with van der Waals surface area (Å²) < 4.78 is 1.90. The number of pyridine rings is 1. The summed E-state index contributed by atoms with van der Waals surface area (Å²) in [5.41, 5.74) is 2.91. The average molecular weight is 381 g/mol. The Balaban J connectivity index is 1.75. The van der Waals surface area contributed by atoms with E-state index in [-0.39, 0.29) is 16.4 Å². The van der Waals surface area contributed by atoms with E-state index in [0.717, 1.165) is 17.0 Å². The van der Waals surface area contributed by atoms with Gasteiger partial charge in [-0.1, -0.05) is 56.8 Å². The molecule has 140 valence electrons. The third-order valence-corrected chi connectivity index (χ3v) is 5.58. The molecule has 0 spiro atoms. The molecule has 0 saturated carbocycles. The van der Waals surface area contributed by atoms with Gasteiger partial charge in [0.25, 0.3) is 0 Å². The number of carbonyl (C=O) groups is 1. The van der Waals surface area contributed by atoms with E-state index in [1.54, 1.807) is 12.4 Å². The minimum absolute atomic E-state index is 0.0727. The third-order valence-electron chi connectivity index (χ3n) is 4.44. The van der Waals surface area contributed by atoms with E-state index < -0.39 is 0 Å². The third kappa shape index (κ3) is 4.27. The minimum Gasteiger partial charge on any atom is -0.305 e. The van der Waals surface area contributed by atoms with Crippen LogP contribution in [0.3, 0.4) is 0 Å². The van der Waals surface area contributed by atoms with Crippen molar-refractivity contribution in [1.82, 2.24) is 19.7 Å². The van der Waals surface area contributed by atoms with Crippen LogP contribution >= 0.6 is 11.8 Å². The first kappa shape index (κ1) is 19.3. The van der Waals surface area contributed by atoms with Crippen molar-refractivity contribution in [3.63, 3.8) is 0 Å². The van der Waals surface area contributed by atoms with Crippen LogP contribution in [0.25, 0.3) is 11.4 Å². The lowest BCUT2D eigenvalue weighted by molar-refractivity contribution is 0.0994. The molecule has 0 fully saturated rings. The van der Waals surface area contributed by atoms with Gasteiger partial charge in [0.2, 0.25) is 0 Å². The number of hydrogen-bond acceptors (Lipinski definition) is 5. The van der Waals surface area contributed by atoms with Crippen molar-refractivity contribution in [3.05, 3.63) is 59.9 Å². The average Bonchev–Trinajstić information content (AvgIpc) is 3.01. The van der Waals surface area contributed by atoms with Crippen LogP contribution in [-0.2, 0) is 12.5 Å². The molecule has 0 aliphatic rings. The fourth-order valence-corrected chi connectivity index (χ4v) is 3.64. The molecule has 1 unspecified atom stereocenters. The molecular formula is C21H24N4OS. The van der Waals surface area contributed by atoms with E-state index in [0.29, 0.717) is 5.16 Å². The van der Waals surface area contributed by atoms with Gasteiger partial charge in [0.1, 0.15) is 0 Å². The largest absolute Gasteiger partial charge is 0.305 e. The van der Waals surface area contributed by atoms with Gasteiger partial charge in [-0.2, -0.15) is 0 Å². The predicted molar refractivity (Wildman–Crippen MR) is 109 cm³/mol. The number of nitrogens with zero attached hydrogens (tertiary/aromatic N) is 4. The zero-order chi connectivity index (χ0) is 19.6. The second kappa shape index (κ2) is 7.64. The molecule has 0 saturated heterocycles. The summed E-state index contributed by atoms with van der Waals surface area (Å²) in [7, 11) is 1.90. The van der Waals surface area contributed by atoms with Crippen molar-refractivity contribution in [2.24, 2.45) is 7.05 Å². The first-order chi connectivity index (χ1) is 12.8. The van der Waals surface area contributed by atoms with Crippen LogP contribution in [0.1, 0.15) is 43.6 Å². The van der Waals surface area contributed by atoms with Gasteiger partial charge < -0.3 is 4.57 Å². The van der Waals surface area contributed by atoms with Gasteiger partial charge in [-0.3, -0.25) is 9.78 Å². The zero-order valence-electron chi connectivity index (χ0n) is 16.3. The Morgan fingerprint density at radius 3 is 2.41 bits per heavy atom. The lowest BCUT2D eigenvalue weighted by atomic mass is 9.86. The van der Waals surface area contributed by atoms with Crippen molar-refractivity contribution >= 4 is 17.5 Å². The predicted octanol–water partition coefficient (Wildman–Crippen LogP) is 4.54. The fourth-order valence-electron chi connectivity index (χ4n) is 2.74. The molecular weight excluding hydrogens is 356 g/mol. The van der Waals surface area contributed by atoms with E-state index in [2.05, 4.69) is 36.0 Å². The highest BCUT2D eigenvalue weighted by atomic mass is 32.2. The molecule has 2 aromatic heterocycles. The first-order valence-corrected chi connectivity index (χ1v) is 9.76. The quantitative estimate of drug-likeness (QED) is 0.480. The van der Waals surface area contributed by atoms with Gasteiger partial charge in [-0.15, -0.1) is 10.2 Å². The Morgan fingerprint density at radius 2 is 1.81 bits per heavy atom. The molecule has 0 bridgehead atoms. The number of rotatable bonds is 5. The zero-order valence-corrected chi connectivity index (χ0v) is 17.1. The van der Waals surface area contributed by atoms with E-state index in [9.17, 15) is 4.79 Å². The summed E-state index contributed by atoms with van der Waals surface area (Å²) in [6.45, 7) is 8.39. The van der Waals surface area contributed by atoms with E-state index in [1.165, 1.54) is 17.3 Å². The standard InChI is InChI=1S/C21H24N4OS/c1-14(18(26)15-8-10-17(11-9-15)21(2,3)4)27-20-24-23-19(25(20)5)16-7-6-12-22-13-16/h6-14H,1-5H3. The maximum atomic E-state index is 12.8. The van der Waals surface area contributed by atoms with Crippen LogP contribution in [0.15, 0.2) is 53.9 Å². The van der Waals surface area contributed by atoms with Crippen molar-refractivity contribution in [1.29, 1.82) is 0 Å². The summed E-state index contributed by atoms with van der Waals surface area (Å²) in [6.07, 6.45) is 3.48. The second-order valence-corrected chi connectivity index (χ2v) is 8.87. The van der Waals surface area contributed by atoms with Crippen molar-refractivity contribution in [3.8, 4) is 11.4 Å². The van der Waals surface area contributed by atoms with Gasteiger partial charge in [0.05, 0.1) is 5.25 Å². The van der Waals surface area contributed by atoms with Crippen LogP contribution in [0.5, 0.6) is 0 Å². The van der Waals surface area contributed by atoms with Crippen LogP contribution in [0, 0.1) is 0 Å². The smallest absolute Gasteiger partial charge is 0.191 e.